The number of nitrogens with zero attached hydrogens (tertiary/aromatic N) is 1. The summed E-state index contributed by atoms with van der Waals surface area (Å²) < 4.78 is 10.8. The van der Waals surface area contributed by atoms with Gasteiger partial charge in [-0.2, -0.15) is 0 Å². The molecular formula is C21H26N2O3. The Morgan fingerprint density at radius 2 is 1.85 bits per heavy atom. The molecule has 1 atom stereocenters. The minimum absolute atomic E-state index is 0.0460. The van der Waals surface area contributed by atoms with Crippen molar-refractivity contribution in [2.24, 2.45) is 0 Å². The van der Waals surface area contributed by atoms with E-state index in [-0.39, 0.29) is 11.9 Å². The molecule has 0 fully saturated rings. The highest BCUT2D eigenvalue weighted by molar-refractivity contribution is 5.78. The maximum absolute atomic E-state index is 12.4. The summed E-state index contributed by atoms with van der Waals surface area (Å²) in [5, 5.41) is 3.01. The molecule has 138 valence electrons. The normalized spacial score (nSPS) is 16.7. The van der Waals surface area contributed by atoms with Gasteiger partial charge in [0.2, 0.25) is 5.91 Å². The molecule has 5 heteroatoms. The van der Waals surface area contributed by atoms with Gasteiger partial charge in [-0.25, -0.2) is 0 Å². The van der Waals surface area contributed by atoms with Crippen LogP contribution < -0.4 is 14.8 Å². The van der Waals surface area contributed by atoms with Gasteiger partial charge in [0.1, 0.15) is 0 Å². The molecule has 1 aliphatic rings. The van der Waals surface area contributed by atoms with Crippen LogP contribution >= 0.6 is 0 Å². The van der Waals surface area contributed by atoms with E-state index in [0.717, 1.165) is 30.0 Å². The molecule has 5 nitrogen and oxygen atoms in total. The van der Waals surface area contributed by atoms with Crippen LogP contribution in [0.2, 0.25) is 0 Å². The molecule has 1 unspecified atom stereocenters. The van der Waals surface area contributed by atoms with Crippen LogP contribution in [0.3, 0.4) is 0 Å². The molecule has 1 amide bonds. The Morgan fingerprint density at radius 3 is 2.54 bits per heavy atom. The fourth-order valence-electron chi connectivity index (χ4n) is 3.45. The Kier molecular flexibility index (Phi) is 5.78. The van der Waals surface area contributed by atoms with Crippen LogP contribution in [-0.4, -0.2) is 38.1 Å². The molecule has 0 radical (unpaired) electrons. The number of amides is 1. The lowest BCUT2D eigenvalue weighted by atomic mass is 9.93. The molecule has 1 heterocycles. The number of hydrogen-bond donors (Lipinski definition) is 1. The topological polar surface area (TPSA) is 50.8 Å². The fraction of sp³-hybridized carbons (Fsp3) is 0.381. The number of rotatable bonds is 6. The van der Waals surface area contributed by atoms with Crippen LogP contribution in [-0.2, 0) is 17.8 Å². The summed E-state index contributed by atoms with van der Waals surface area (Å²) in [5.74, 6) is 1.53. The summed E-state index contributed by atoms with van der Waals surface area (Å²) in [6, 6.07) is 14.2. The van der Waals surface area contributed by atoms with E-state index in [1.165, 1.54) is 11.1 Å². The molecular weight excluding hydrogens is 328 g/mol. The summed E-state index contributed by atoms with van der Waals surface area (Å²) in [6.45, 7) is 3.93. The SMILES string of the molecule is COc1cc2c(cc1OC)C(C)N(CC(=O)NCc1ccccc1)CC2. The molecule has 0 spiro atoms. The van der Waals surface area contributed by atoms with Crippen LogP contribution in [0.4, 0.5) is 0 Å². The van der Waals surface area contributed by atoms with Crippen molar-refractivity contribution >= 4 is 5.91 Å². The predicted octanol–water partition coefficient (Wildman–Crippen LogP) is 2.94. The summed E-state index contributed by atoms with van der Waals surface area (Å²) >= 11 is 0. The lowest BCUT2D eigenvalue weighted by molar-refractivity contribution is -0.123. The third-order valence-electron chi connectivity index (χ3n) is 4.99. The Hall–Kier alpha value is -2.53. The van der Waals surface area contributed by atoms with Crippen molar-refractivity contribution in [3.05, 3.63) is 59.2 Å². The van der Waals surface area contributed by atoms with Crippen LogP contribution in [0.5, 0.6) is 11.5 Å². The van der Waals surface area contributed by atoms with E-state index in [1.807, 2.05) is 36.4 Å². The number of hydrogen-bond acceptors (Lipinski definition) is 4. The minimum atomic E-state index is 0.0460. The number of carbonyl (C=O) groups is 1. The van der Waals surface area contributed by atoms with Crippen molar-refractivity contribution in [3.8, 4) is 11.5 Å². The number of nitrogens with one attached hydrogen (secondary N) is 1. The molecule has 0 bridgehead atoms. The molecule has 2 aromatic rings. The minimum Gasteiger partial charge on any atom is -0.493 e. The average Bonchev–Trinajstić information content (AvgIpc) is 2.68. The third kappa shape index (κ3) is 3.99. The monoisotopic (exact) mass is 354 g/mol. The Balaban J connectivity index is 1.65. The van der Waals surface area contributed by atoms with E-state index in [9.17, 15) is 4.79 Å². The van der Waals surface area contributed by atoms with Crippen LogP contribution in [0, 0.1) is 0 Å². The second-order valence-corrected chi connectivity index (χ2v) is 6.56. The van der Waals surface area contributed by atoms with Gasteiger partial charge in [0.05, 0.1) is 20.8 Å². The van der Waals surface area contributed by atoms with Gasteiger partial charge in [-0.05, 0) is 42.2 Å². The lowest BCUT2D eigenvalue weighted by Gasteiger charge is -2.35. The van der Waals surface area contributed by atoms with E-state index >= 15 is 0 Å². The second kappa shape index (κ2) is 8.23. The lowest BCUT2D eigenvalue weighted by Crippen LogP contribution is -2.41. The van der Waals surface area contributed by atoms with Gasteiger partial charge in [-0.1, -0.05) is 30.3 Å². The Labute approximate surface area is 154 Å². The van der Waals surface area contributed by atoms with Crippen LogP contribution in [0.25, 0.3) is 0 Å². The fourth-order valence-corrected chi connectivity index (χ4v) is 3.45. The van der Waals surface area contributed by atoms with Crippen LogP contribution in [0.1, 0.15) is 29.7 Å². The van der Waals surface area contributed by atoms with E-state index in [4.69, 9.17) is 9.47 Å². The highest BCUT2D eigenvalue weighted by Gasteiger charge is 2.27. The van der Waals surface area contributed by atoms with Crippen molar-refractivity contribution in [1.29, 1.82) is 0 Å². The van der Waals surface area contributed by atoms with Gasteiger partial charge in [-0.15, -0.1) is 0 Å². The molecule has 0 saturated carbocycles. The van der Waals surface area contributed by atoms with Gasteiger partial charge < -0.3 is 14.8 Å². The highest BCUT2D eigenvalue weighted by Crippen LogP contribution is 2.37. The van der Waals surface area contributed by atoms with Gasteiger partial charge in [0.25, 0.3) is 0 Å². The summed E-state index contributed by atoms with van der Waals surface area (Å²) in [4.78, 5) is 14.6. The quantitative estimate of drug-likeness (QED) is 0.867. The van der Waals surface area contributed by atoms with Crippen molar-refractivity contribution in [1.82, 2.24) is 10.2 Å². The largest absolute Gasteiger partial charge is 0.493 e. The van der Waals surface area contributed by atoms with Crippen LogP contribution in [0.15, 0.2) is 42.5 Å². The number of fused-ring (bicyclic) bond motifs is 1. The van der Waals surface area contributed by atoms with Crippen molar-refractivity contribution < 1.29 is 14.3 Å². The first-order valence-electron chi connectivity index (χ1n) is 8.92. The molecule has 0 aromatic heterocycles. The predicted molar refractivity (Wildman–Crippen MR) is 102 cm³/mol. The first-order chi connectivity index (χ1) is 12.6. The molecule has 0 aliphatic carbocycles. The molecule has 1 aliphatic heterocycles. The number of ether oxygens (including phenoxy) is 2. The molecule has 2 aromatic carbocycles. The van der Waals surface area contributed by atoms with Gasteiger partial charge >= 0.3 is 0 Å². The molecule has 26 heavy (non-hydrogen) atoms. The van der Waals surface area contributed by atoms with Gasteiger partial charge in [0.15, 0.2) is 11.5 Å². The zero-order chi connectivity index (χ0) is 18.5. The highest BCUT2D eigenvalue weighted by atomic mass is 16.5. The Morgan fingerprint density at radius 1 is 1.15 bits per heavy atom. The Bertz CT molecular complexity index is 761. The van der Waals surface area contributed by atoms with E-state index < -0.39 is 0 Å². The van der Waals surface area contributed by atoms with Crippen molar-refractivity contribution in [3.63, 3.8) is 0 Å². The van der Waals surface area contributed by atoms with E-state index in [2.05, 4.69) is 23.2 Å². The molecule has 0 saturated heterocycles. The van der Waals surface area contributed by atoms with Crippen molar-refractivity contribution in [2.75, 3.05) is 27.3 Å². The summed E-state index contributed by atoms with van der Waals surface area (Å²) in [7, 11) is 3.30. The zero-order valence-electron chi connectivity index (χ0n) is 15.6. The standard InChI is InChI=1S/C21H26N2O3/c1-15-18-12-20(26-3)19(25-2)11-17(18)9-10-23(15)14-21(24)22-13-16-7-5-4-6-8-16/h4-8,11-12,15H,9-10,13-14H2,1-3H3,(H,22,24). The van der Waals surface area contributed by atoms with E-state index in [1.54, 1.807) is 14.2 Å². The smallest absolute Gasteiger partial charge is 0.234 e. The number of carbonyl (C=O) groups excluding carboxylic acids is 1. The van der Waals surface area contributed by atoms with Crippen molar-refractivity contribution in [2.45, 2.75) is 25.9 Å². The maximum atomic E-state index is 12.4. The molecule has 3 rings (SSSR count). The first-order valence-corrected chi connectivity index (χ1v) is 8.92. The average molecular weight is 354 g/mol. The third-order valence-corrected chi connectivity index (χ3v) is 4.99. The maximum Gasteiger partial charge on any atom is 0.234 e. The first kappa shape index (κ1) is 18.3. The summed E-state index contributed by atoms with van der Waals surface area (Å²) in [5.41, 5.74) is 3.57. The summed E-state index contributed by atoms with van der Waals surface area (Å²) in [6.07, 6.45) is 0.895. The van der Waals surface area contributed by atoms with E-state index in [0.29, 0.717) is 13.1 Å². The number of methoxy groups -OCH3 is 2. The molecule has 1 N–H and O–H groups in total. The zero-order valence-corrected chi connectivity index (χ0v) is 15.6. The van der Waals surface area contributed by atoms with Gasteiger partial charge in [0, 0.05) is 19.1 Å². The van der Waals surface area contributed by atoms with Gasteiger partial charge in [-0.3, -0.25) is 9.69 Å². The second-order valence-electron chi connectivity index (χ2n) is 6.56. The number of benzene rings is 2.